The van der Waals surface area contributed by atoms with Crippen LogP contribution in [0.3, 0.4) is 0 Å². The number of para-hydroxylation sites is 1. The number of aliphatic imine (C=N–C) groups is 1. The molecular weight excluding hydrogens is 441 g/mol. The first-order valence-corrected chi connectivity index (χ1v) is 9.16. The molecule has 5 nitrogen and oxygen atoms in total. The van der Waals surface area contributed by atoms with Gasteiger partial charge in [-0.1, -0.05) is 31.0 Å². The Morgan fingerprint density at radius 1 is 1.23 bits per heavy atom. The number of guanidine groups is 1. The van der Waals surface area contributed by atoms with Crippen molar-refractivity contribution in [1.29, 1.82) is 0 Å². The van der Waals surface area contributed by atoms with Crippen molar-refractivity contribution in [3.05, 3.63) is 36.1 Å². The summed E-state index contributed by atoms with van der Waals surface area (Å²) in [7, 11) is 3.59. The number of hydrogen-bond donors (Lipinski definition) is 2. The summed E-state index contributed by atoms with van der Waals surface area (Å²) >= 11 is 0. The molecule has 1 saturated carbocycles. The monoisotopic (exact) mass is 471 g/mol. The SMILES string of the molecule is CN=C(NCc1cc2ccccc2o1)NCC1(CCOC)CCCC1.I. The van der Waals surface area contributed by atoms with E-state index < -0.39 is 0 Å². The van der Waals surface area contributed by atoms with Crippen molar-refractivity contribution in [3.8, 4) is 0 Å². The third-order valence-electron chi connectivity index (χ3n) is 5.26. The lowest BCUT2D eigenvalue weighted by Gasteiger charge is -2.29. The minimum Gasteiger partial charge on any atom is -0.459 e. The van der Waals surface area contributed by atoms with Crippen molar-refractivity contribution in [2.75, 3.05) is 27.3 Å². The summed E-state index contributed by atoms with van der Waals surface area (Å²) in [5.74, 6) is 1.74. The van der Waals surface area contributed by atoms with Crippen molar-refractivity contribution < 1.29 is 9.15 Å². The van der Waals surface area contributed by atoms with Crippen LogP contribution in [-0.2, 0) is 11.3 Å². The van der Waals surface area contributed by atoms with Gasteiger partial charge in [0.05, 0.1) is 6.54 Å². The molecule has 26 heavy (non-hydrogen) atoms. The number of furan rings is 1. The molecule has 0 aliphatic heterocycles. The van der Waals surface area contributed by atoms with E-state index in [2.05, 4.69) is 27.8 Å². The molecule has 1 heterocycles. The van der Waals surface area contributed by atoms with Gasteiger partial charge in [0.2, 0.25) is 0 Å². The van der Waals surface area contributed by atoms with E-state index in [1.807, 2.05) is 25.2 Å². The second-order valence-electron chi connectivity index (χ2n) is 6.98. The number of hydrogen-bond acceptors (Lipinski definition) is 3. The Hall–Kier alpha value is -1.28. The van der Waals surface area contributed by atoms with E-state index in [1.54, 1.807) is 7.11 Å². The van der Waals surface area contributed by atoms with Gasteiger partial charge in [-0.25, -0.2) is 0 Å². The Morgan fingerprint density at radius 2 is 2.00 bits per heavy atom. The minimum absolute atomic E-state index is 0. The first-order valence-electron chi connectivity index (χ1n) is 9.16. The van der Waals surface area contributed by atoms with Crippen molar-refractivity contribution >= 4 is 40.9 Å². The Bertz CT molecular complexity index is 675. The standard InChI is InChI=1S/C20H29N3O2.HI/c1-21-19(23-15-20(11-12-24-2)9-5-6-10-20)22-14-17-13-16-7-3-4-8-18(16)25-17;/h3-4,7-8,13H,5-6,9-12,14-15H2,1-2H3,(H2,21,22,23);1H. The molecule has 1 aliphatic rings. The summed E-state index contributed by atoms with van der Waals surface area (Å²) in [5.41, 5.74) is 1.26. The lowest BCUT2D eigenvalue weighted by atomic mass is 9.83. The van der Waals surface area contributed by atoms with Gasteiger partial charge >= 0.3 is 0 Å². The highest BCUT2D eigenvalue weighted by Crippen LogP contribution is 2.40. The zero-order valence-corrected chi connectivity index (χ0v) is 18.0. The summed E-state index contributed by atoms with van der Waals surface area (Å²) in [6.07, 6.45) is 6.28. The van der Waals surface area contributed by atoms with Crippen LogP contribution in [0.15, 0.2) is 39.7 Å². The molecule has 1 aromatic carbocycles. The first kappa shape index (κ1) is 21.0. The highest BCUT2D eigenvalue weighted by molar-refractivity contribution is 14.0. The van der Waals surface area contributed by atoms with Crippen molar-refractivity contribution in [2.45, 2.75) is 38.6 Å². The van der Waals surface area contributed by atoms with Crippen molar-refractivity contribution in [1.82, 2.24) is 10.6 Å². The molecule has 2 N–H and O–H groups in total. The second-order valence-corrected chi connectivity index (χ2v) is 6.98. The van der Waals surface area contributed by atoms with Gasteiger partial charge in [-0.05, 0) is 36.8 Å². The zero-order valence-electron chi connectivity index (χ0n) is 15.7. The molecule has 1 aromatic heterocycles. The summed E-state index contributed by atoms with van der Waals surface area (Å²) in [6.45, 7) is 2.39. The Morgan fingerprint density at radius 3 is 2.69 bits per heavy atom. The molecule has 0 saturated heterocycles. The fourth-order valence-corrected chi connectivity index (χ4v) is 3.75. The van der Waals surface area contributed by atoms with E-state index in [0.29, 0.717) is 12.0 Å². The quantitative estimate of drug-likeness (QED) is 0.359. The largest absolute Gasteiger partial charge is 0.459 e. The molecule has 1 aliphatic carbocycles. The maximum absolute atomic E-state index is 5.85. The van der Waals surface area contributed by atoms with Crippen LogP contribution in [0, 0.1) is 5.41 Å². The summed E-state index contributed by atoms with van der Waals surface area (Å²) in [5, 5.41) is 8.00. The highest BCUT2D eigenvalue weighted by Gasteiger charge is 2.33. The Kier molecular flexibility index (Phi) is 8.21. The van der Waals surface area contributed by atoms with E-state index in [9.17, 15) is 0 Å². The maximum atomic E-state index is 5.85. The molecule has 6 heteroatoms. The molecule has 0 unspecified atom stereocenters. The molecule has 0 amide bonds. The maximum Gasteiger partial charge on any atom is 0.191 e. The number of halogens is 1. The second kappa shape index (κ2) is 10.2. The summed E-state index contributed by atoms with van der Waals surface area (Å²) in [6, 6.07) is 10.1. The molecule has 1 fully saturated rings. The summed E-state index contributed by atoms with van der Waals surface area (Å²) in [4.78, 5) is 4.35. The number of nitrogens with zero attached hydrogens (tertiary/aromatic N) is 1. The van der Waals surface area contributed by atoms with Crippen LogP contribution < -0.4 is 10.6 Å². The molecule has 0 radical (unpaired) electrons. The number of ether oxygens (including phenoxy) is 1. The normalized spacial score (nSPS) is 16.5. The lowest BCUT2D eigenvalue weighted by molar-refractivity contribution is 0.138. The number of rotatable bonds is 7. The van der Waals surface area contributed by atoms with Crippen molar-refractivity contribution in [3.63, 3.8) is 0 Å². The number of fused-ring (bicyclic) bond motifs is 1. The molecular formula is C20H30IN3O2. The van der Waals surface area contributed by atoms with Gasteiger partial charge in [-0.3, -0.25) is 4.99 Å². The fraction of sp³-hybridized carbons (Fsp3) is 0.550. The number of benzene rings is 1. The molecule has 3 rings (SSSR count). The molecule has 0 bridgehead atoms. The predicted molar refractivity (Wildman–Crippen MR) is 117 cm³/mol. The molecule has 2 aromatic rings. The van der Waals surface area contributed by atoms with Crippen LogP contribution >= 0.6 is 24.0 Å². The number of methoxy groups -OCH3 is 1. The van der Waals surface area contributed by atoms with E-state index in [0.717, 1.165) is 42.3 Å². The number of nitrogens with one attached hydrogen (secondary N) is 2. The topological polar surface area (TPSA) is 58.8 Å². The van der Waals surface area contributed by atoms with E-state index in [-0.39, 0.29) is 24.0 Å². The van der Waals surface area contributed by atoms with Crippen LogP contribution in [0.5, 0.6) is 0 Å². The fourth-order valence-electron chi connectivity index (χ4n) is 3.75. The van der Waals surface area contributed by atoms with Gasteiger partial charge in [-0.15, -0.1) is 24.0 Å². The van der Waals surface area contributed by atoms with Gasteiger partial charge in [0.15, 0.2) is 5.96 Å². The smallest absolute Gasteiger partial charge is 0.191 e. The minimum atomic E-state index is 0. The van der Waals surface area contributed by atoms with Gasteiger partial charge in [0.25, 0.3) is 0 Å². The first-order chi connectivity index (χ1) is 12.2. The lowest BCUT2D eigenvalue weighted by Crippen LogP contribution is -2.43. The zero-order chi connectivity index (χ0) is 17.5. The Labute approximate surface area is 173 Å². The third-order valence-corrected chi connectivity index (χ3v) is 5.26. The van der Waals surface area contributed by atoms with E-state index in [1.165, 1.54) is 25.7 Å². The van der Waals surface area contributed by atoms with Crippen LogP contribution in [0.25, 0.3) is 11.0 Å². The van der Waals surface area contributed by atoms with Gasteiger partial charge in [-0.2, -0.15) is 0 Å². The summed E-state index contributed by atoms with van der Waals surface area (Å²) < 4.78 is 11.2. The average Bonchev–Trinajstić information content (AvgIpc) is 3.27. The average molecular weight is 471 g/mol. The van der Waals surface area contributed by atoms with E-state index >= 15 is 0 Å². The molecule has 144 valence electrons. The molecule has 0 spiro atoms. The van der Waals surface area contributed by atoms with Crippen LogP contribution in [-0.4, -0.2) is 33.3 Å². The van der Waals surface area contributed by atoms with Gasteiger partial charge in [0, 0.05) is 32.7 Å². The highest BCUT2D eigenvalue weighted by atomic mass is 127. The third kappa shape index (κ3) is 5.36. The van der Waals surface area contributed by atoms with Crippen LogP contribution in [0.1, 0.15) is 37.9 Å². The van der Waals surface area contributed by atoms with Gasteiger partial charge in [0.1, 0.15) is 11.3 Å². The molecule has 0 atom stereocenters. The van der Waals surface area contributed by atoms with Crippen LogP contribution in [0.2, 0.25) is 0 Å². The van der Waals surface area contributed by atoms with Crippen LogP contribution in [0.4, 0.5) is 0 Å². The predicted octanol–water partition coefficient (Wildman–Crippen LogP) is 4.31. The van der Waals surface area contributed by atoms with Crippen molar-refractivity contribution in [2.24, 2.45) is 10.4 Å². The van der Waals surface area contributed by atoms with Gasteiger partial charge < -0.3 is 19.8 Å². The Balaban J connectivity index is 0.00000243. The van der Waals surface area contributed by atoms with E-state index in [4.69, 9.17) is 9.15 Å².